The molecule has 1 aromatic carbocycles. The summed E-state index contributed by atoms with van der Waals surface area (Å²) in [7, 11) is 0. The Bertz CT molecular complexity index is 708. The van der Waals surface area contributed by atoms with Crippen molar-refractivity contribution >= 4 is 17.6 Å². The molecule has 0 saturated heterocycles. The van der Waals surface area contributed by atoms with Crippen LogP contribution in [0.2, 0.25) is 0 Å². The third kappa shape index (κ3) is 3.39. The highest BCUT2D eigenvalue weighted by Gasteiger charge is 2.27. The number of esters is 1. The number of benzene rings is 1. The molecule has 3 rings (SSSR count). The Morgan fingerprint density at radius 3 is 2.74 bits per heavy atom. The van der Waals surface area contributed by atoms with Gasteiger partial charge in [-0.05, 0) is 44.0 Å². The van der Waals surface area contributed by atoms with E-state index in [9.17, 15) is 9.59 Å². The van der Waals surface area contributed by atoms with E-state index in [1.807, 2.05) is 0 Å². The highest BCUT2D eigenvalue weighted by Crippen LogP contribution is 2.23. The standard InChI is InChI=1S/C16H18N4O3/c1-2-23-16(22)10-3-6-12(7-4-10)17-15(21)11-5-8-13-14(9-11)19-20-18-13/h3-4,6-7,11H,2,5,8-9H2,1H3,(H,17,21)(H,18,19,20). The number of aromatic nitrogens is 3. The van der Waals surface area contributed by atoms with Gasteiger partial charge in [0.2, 0.25) is 5.91 Å². The number of amides is 1. The highest BCUT2D eigenvalue weighted by molar-refractivity contribution is 5.94. The quantitative estimate of drug-likeness (QED) is 0.838. The molecule has 0 bridgehead atoms. The summed E-state index contributed by atoms with van der Waals surface area (Å²) in [5.41, 5.74) is 2.95. The summed E-state index contributed by atoms with van der Waals surface area (Å²) in [6, 6.07) is 6.69. The summed E-state index contributed by atoms with van der Waals surface area (Å²) in [6.07, 6.45) is 2.11. The van der Waals surface area contributed by atoms with Crippen LogP contribution in [0.25, 0.3) is 0 Å². The summed E-state index contributed by atoms with van der Waals surface area (Å²) in [6.45, 7) is 2.10. The van der Waals surface area contributed by atoms with Gasteiger partial charge in [0.15, 0.2) is 0 Å². The van der Waals surface area contributed by atoms with Crippen molar-refractivity contribution in [1.82, 2.24) is 15.4 Å². The molecule has 0 spiro atoms. The number of aromatic amines is 1. The Hall–Kier alpha value is -2.70. The van der Waals surface area contributed by atoms with E-state index < -0.39 is 0 Å². The smallest absolute Gasteiger partial charge is 0.338 e. The number of H-pyrrole nitrogens is 1. The Balaban J connectivity index is 1.61. The minimum atomic E-state index is -0.365. The number of hydrogen-bond acceptors (Lipinski definition) is 5. The molecule has 1 amide bonds. The Morgan fingerprint density at radius 2 is 2.00 bits per heavy atom. The predicted molar refractivity (Wildman–Crippen MR) is 82.9 cm³/mol. The molecule has 1 heterocycles. The van der Waals surface area contributed by atoms with Crippen LogP contribution in [0.1, 0.15) is 35.1 Å². The van der Waals surface area contributed by atoms with Gasteiger partial charge in [0.1, 0.15) is 0 Å². The summed E-state index contributed by atoms with van der Waals surface area (Å²) < 4.78 is 4.93. The van der Waals surface area contributed by atoms with Crippen molar-refractivity contribution in [2.24, 2.45) is 5.92 Å². The highest BCUT2D eigenvalue weighted by atomic mass is 16.5. The Labute approximate surface area is 133 Å². The molecule has 1 aliphatic carbocycles. The first-order valence-corrected chi connectivity index (χ1v) is 7.64. The van der Waals surface area contributed by atoms with Crippen LogP contribution in [0.4, 0.5) is 5.69 Å². The van der Waals surface area contributed by atoms with Gasteiger partial charge < -0.3 is 10.1 Å². The molecule has 0 radical (unpaired) electrons. The van der Waals surface area contributed by atoms with Gasteiger partial charge >= 0.3 is 5.97 Å². The molecule has 0 fully saturated rings. The van der Waals surface area contributed by atoms with Crippen LogP contribution in [0.5, 0.6) is 0 Å². The van der Waals surface area contributed by atoms with Gasteiger partial charge in [-0.15, -0.1) is 0 Å². The molecule has 2 N–H and O–H groups in total. The topological polar surface area (TPSA) is 97.0 Å². The van der Waals surface area contributed by atoms with Crippen molar-refractivity contribution in [2.75, 3.05) is 11.9 Å². The fourth-order valence-electron chi connectivity index (χ4n) is 2.66. The maximum atomic E-state index is 12.4. The minimum absolute atomic E-state index is 0.0393. The molecule has 1 aromatic heterocycles. The van der Waals surface area contributed by atoms with Gasteiger partial charge in [-0.3, -0.25) is 4.79 Å². The number of nitrogens with one attached hydrogen (secondary N) is 2. The third-order valence-corrected chi connectivity index (χ3v) is 3.91. The molecule has 1 unspecified atom stereocenters. The Kier molecular flexibility index (Phi) is 4.36. The van der Waals surface area contributed by atoms with Crippen LogP contribution < -0.4 is 5.32 Å². The fourth-order valence-corrected chi connectivity index (χ4v) is 2.66. The van der Waals surface area contributed by atoms with Crippen molar-refractivity contribution in [1.29, 1.82) is 0 Å². The maximum absolute atomic E-state index is 12.4. The monoisotopic (exact) mass is 314 g/mol. The third-order valence-electron chi connectivity index (χ3n) is 3.91. The second-order valence-corrected chi connectivity index (χ2v) is 5.44. The van der Waals surface area contributed by atoms with Crippen LogP contribution in [0.3, 0.4) is 0 Å². The molecular formula is C16H18N4O3. The van der Waals surface area contributed by atoms with Gasteiger partial charge in [-0.25, -0.2) is 4.79 Å². The van der Waals surface area contributed by atoms with E-state index in [-0.39, 0.29) is 17.8 Å². The zero-order valence-electron chi connectivity index (χ0n) is 12.8. The normalized spacial score (nSPS) is 16.5. The number of anilines is 1. The molecule has 7 nitrogen and oxygen atoms in total. The van der Waals surface area contributed by atoms with Crippen LogP contribution in [0.15, 0.2) is 24.3 Å². The van der Waals surface area contributed by atoms with Crippen molar-refractivity contribution in [3.05, 3.63) is 41.2 Å². The zero-order valence-corrected chi connectivity index (χ0v) is 12.8. The largest absolute Gasteiger partial charge is 0.462 e. The molecule has 1 aliphatic rings. The van der Waals surface area contributed by atoms with E-state index >= 15 is 0 Å². The van der Waals surface area contributed by atoms with E-state index in [2.05, 4.69) is 20.7 Å². The minimum Gasteiger partial charge on any atom is -0.462 e. The lowest BCUT2D eigenvalue weighted by Gasteiger charge is -2.19. The van der Waals surface area contributed by atoms with E-state index in [4.69, 9.17) is 4.74 Å². The number of carbonyl (C=O) groups is 2. The van der Waals surface area contributed by atoms with Gasteiger partial charge in [0, 0.05) is 18.0 Å². The second kappa shape index (κ2) is 6.60. The number of ether oxygens (including phenoxy) is 1. The number of carbonyl (C=O) groups excluding carboxylic acids is 2. The molecule has 120 valence electrons. The van der Waals surface area contributed by atoms with Crippen LogP contribution >= 0.6 is 0 Å². The fraction of sp³-hybridized carbons (Fsp3) is 0.375. The summed E-state index contributed by atoms with van der Waals surface area (Å²) in [5, 5.41) is 13.6. The van der Waals surface area contributed by atoms with Gasteiger partial charge in [-0.2, -0.15) is 15.4 Å². The molecule has 1 atom stereocenters. The van der Waals surface area contributed by atoms with Gasteiger partial charge in [0.05, 0.1) is 23.6 Å². The molecule has 0 aliphatic heterocycles. The van der Waals surface area contributed by atoms with Crippen LogP contribution in [0, 0.1) is 5.92 Å². The SMILES string of the molecule is CCOC(=O)c1ccc(NC(=O)C2CCc3n[nH]nc3C2)cc1. The summed E-state index contributed by atoms with van der Waals surface area (Å²) in [5.74, 6) is -0.518. The van der Waals surface area contributed by atoms with Crippen LogP contribution in [-0.2, 0) is 22.4 Å². The maximum Gasteiger partial charge on any atom is 0.338 e. The lowest BCUT2D eigenvalue weighted by Crippen LogP contribution is -2.28. The molecule has 23 heavy (non-hydrogen) atoms. The first-order valence-electron chi connectivity index (χ1n) is 7.64. The van der Waals surface area contributed by atoms with E-state index in [1.54, 1.807) is 31.2 Å². The first kappa shape index (κ1) is 15.2. The number of aryl methyl sites for hydroxylation is 1. The molecule has 0 saturated carbocycles. The summed E-state index contributed by atoms with van der Waals surface area (Å²) in [4.78, 5) is 24.0. The second-order valence-electron chi connectivity index (χ2n) is 5.44. The van der Waals surface area contributed by atoms with Gasteiger partial charge in [-0.1, -0.05) is 0 Å². The predicted octanol–water partition coefficient (Wildman–Crippen LogP) is 1.72. The number of fused-ring (bicyclic) bond motifs is 1. The molecule has 2 aromatic rings. The van der Waals surface area contributed by atoms with Crippen molar-refractivity contribution < 1.29 is 14.3 Å². The van der Waals surface area contributed by atoms with Crippen molar-refractivity contribution in [3.8, 4) is 0 Å². The number of rotatable bonds is 4. The average molecular weight is 314 g/mol. The number of nitrogens with zero attached hydrogens (tertiary/aromatic N) is 2. The molecular weight excluding hydrogens is 296 g/mol. The van der Waals surface area contributed by atoms with Crippen molar-refractivity contribution in [2.45, 2.75) is 26.2 Å². The Morgan fingerprint density at radius 1 is 1.26 bits per heavy atom. The zero-order chi connectivity index (χ0) is 16.2. The summed E-state index contributed by atoms with van der Waals surface area (Å²) >= 11 is 0. The lowest BCUT2D eigenvalue weighted by atomic mass is 9.89. The average Bonchev–Trinajstić information content (AvgIpc) is 3.03. The first-order chi connectivity index (χ1) is 11.2. The van der Waals surface area contributed by atoms with Gasteiger partial charge in [0.25, 0.3) is 0 Å². The van der Waals surface area contributed by atoms with E-state index in [1.165, 1.54) is 0 Å². The van der Waals surface area contributed by atoms with Crippen LogP contribution in [-0.4, -0.2) is 33.9 Å². The lowest BCUT2D eigenvalue weighted by molar-refractivity contribution is -0.120. The van der Waals surface area contributed by atoms with Crippen molar-refractivity contribution in [3.63, 3.8) is 0 Å². The molecule has 7 heteroatoms. The number of hydrogen-bond donors (Lipinski definition) is 2. The van der Waals surface area contributed by atoms with E-state index in [0.717, 1.165) is 24.2 Å². The van der Waals surface area contributed by atoms with E-state index in [0.29, 0.717) is 24.3 Å².